The molecule has 0 aliphatic heterocycles. The summed E-state index contributed by atoms with van der Waals surface area (Å²) in [6, 6.07) is 45.3. The fraction of sp³-hybridized carbons (Fsp3) is 0.362. The van der Waals surface area contributed by atoms with Crippen molar-refractivity contribution in [3.05, 3.63) is 138 Å². The number of hydrogen-bond donors (Lipinski definition) is 0. The van der Waals surface area contributed by atoms with Crippen molar-refractivity contribution >= 4 is 17.1 Å². The minimum Gasteiger partial charge on any atom is -0.310 e. The minimum atomic E-state index is 0.177. The van der Waals surface area contributed by atoms with Crippen molar-refractivity contribution in [2.45, 2.75) is 68.6 Å². The van der Waals surface area contributed by atoms with E-state index in [0.717, 1.165) is 35.5 Å². The van der Waals surface area contributed by atoms with Crippen molar-refractivity contribution in [1.29, 1.82) is 0 Å². The lowest BCUT2D eigenvalue weighted by molar-refractivity contribution is -0.0399. The van der Waals surface area contributed by atoms with Crippen LogP contribution in [-0.4, -0.2) is 0 Å². The van der Waals surface area contributed by atoms with E-state index in [0.29, 0.717) is 0 Å². The van der Waals surface area contributed by atoms with Gasteiger partial charge in [0.15, 0.2) is 0 Å². The Labute approximate surface area is 285 Å². The van der Waals surface area contributed by atoms with Crippen molar-refractivity contribution in [3.8, 4) is 22.3 Å². The van der Waals surface area contributed by atoms with E-state index in [1.165, 1.54) is 97.1 Å². The first kappa shape index (κ1) is 26.8. The second-order valence-corrected chi connectivity index (χ2v) is 16.9. The molecule has 0 aromatic heterocycles. The van der Waals surface area contributed by atoms with Crippen molar-refractivity contribution in [2.24, 2.45) is 35.5 Å². The highest BCUT2D eigenvalue weighted by molar-refractivity contribution is 5.89. The van der Waals surface area contributed by atoms with Crippen molar-refractivity contribution in [1.82, 2.24) is 0 Å². The first-order valence-electron chi connectivity index (χ1n) is 19.1. The van der Waals surface area contributed by atoms with Gasteiger partial charge in [0.1, 0.15) is 0 Å². The Balaban J connectivity index is 1.05. The average molecular weight is 622 g/mol. The molecule has 0 amide bonds. The molecule has 5 aromatic carbocycles. The molecule has 3 atom stereocenters. The summed E-state index contributed by atoms with van der Waals surface area (Å²) < 4.78 is 0. The largest absolute Gasteiger partial charge is 0.310 e. The molecule has 2 spiro atoms. The number of para-hydroxylation sites is 1. The second kappa shape index (κ2) is 9.32. The third kappa shape index (κ3) is 3.20. The normalized spacial score (nSPS) is 33.7. The second-order valence-electron chi connectivity index (χ2n) is 16.9. The third-order valence-corrected chi connectivity index (χ3v) is 15.1. The zero-order chi connectivity index (χ0) is 31.2. The first-order valence-corrected chi connectivity index (χ1v) is 19.1. The lowest BCUT2D eigenvalue weighted by Gasteiger charge is -2.61. The quantitative estimate of drug-likeness (QED) is 0.194. The van der Waals surface area contributed by atoms with Crippen molar-refractivity contribution in [3.63, 3.8) is 0 Å². The summed E-state index contributed by atoms with van der Waals surface area (Å²) >= 11 is 0. The summed E-state index contributed by atoms with van der Waals surface area (Å²) in [6.45, 7) is 0. The zero-order valence-electron chi connectivity index (χ0n) is 27.7. The van der Waals surface area contributed by atoms with E-state index >= 15 is 0 Å². The van der Waals surface area contributed by atoms with Gasteiger partial charge in [-0.3, -0.25) is 0 Å². The van der Waals surface area contributed by atoms with Gasteiger partial charge in [-0.2, -0.15) is 0 Å². The number of hydrogen-bond acceptors (Lipinski definition) is 1. The van der Waals surface area contributed by atoms with E-state index < -0.39 is 0 Å². The van der Waals surface area contributed by atoms with Crippen LogP contribution in [0, 0.1) is 35.5 Å². The highest BCUT2D eigenvalue weighted by Gasteiger charge is 2.61. The Bertz CT molecular complexity index is 2110. The number of fused-ring (bicyclic) bond motifs is 11. The molecular formula is C47H43N. The smallest absolute Gasteiger partial charge is 0.0468 e. The van der Waals surface area contributed by atoms with E-state index in [2.05, 4.69) is 120 Å². The highest BCUT2D eigenvalue weighted by atomic mass is 15.1. The maximum Gasteiger partial charge on any atom is 0.0468 e. The van der Waals surface area contributed by atoms with Gasteiger partial charge in [0.25, 0.3) is 0 Å². The Morgan fingerprint density at radius 2 is 1.02 bits per heavy atom. The standard InChI is InChI=1S/C47H43N/c1-2-8-35(9-3-1)48(37-16-18-40-38-10-4-6-12-42(38)46(45(40)27-37)28-29-14-15-32(46)21-29)36-17-19-44-41(26-36)39-11-5-7-13-43(39)47(44)33-22-30-20-31(24-33)25-34(47)23-30/h1-13,16-19,26-27,29-34H,14-15,20-25,28H2. The molecule has 5 aromatic rings. The molecule has 0 radical (unpaired) electrons. The average Bonchev–Trinajstić information content (AvgIpc) is 3.88. The maximum atomic E-state index is 2.61. The van der Waals surface area contributed by atoms with Gasteiger partial charge in [0.2, 0.25) is 0 Å². The highest BCUT2D eigenvalue weighted by Crippen LogP contribution is 2.70. The summed E-state index contributed by atoms with van der Waals surface area (Å²) in [5, 5.41) is 0. The van der Waals surface area contributed by atoms with Crippen molar-refractivity contribution in [2.75, 3.05) is 4.90 Å². The van der Waals surface area contributed by atoms with Crippen LogP contribution >= 0.6 is 0 Å². The predicted octanol–water partition coefficient (Wildman–Crippen LogP) is 12.0. The third-order valence-electron chi connectivity index (χ3n) is 15.1. The van der Waals surface area contributed by atoms with Gasteiger partial charge in [0, 0.05) is 27.9 Å². The van der Waals surface area contributed by atoms with E-state index in [4.69, 9.17) is 0 Å². The SMILES string of the molecule is c1ccc(N(c2ccc3c(c2)-c2ccccc2C32C3CC4CC(C3)CC2C4)c2ccc3c(c2)C2(CC4CCC2C4)c2ccccc2-3)cc1. The number of anilines is 3. The van der Waals surface area contributed by atoms with E-state index in [1.54, 1.807) is 22.3 Å². The fourth-order valence-electron chi connectivity index (χ4n) is 13.8. The molecule has 1 nitrogen and oxygen atoms in total. The molecule has 8 aliphatic carbocycles. The summed E-state index contributed by atoms with van der Waals surface area (Å²) in [5.74, 6) is 5.15. The van der Waals surface area contributed by atoms with E-state index in [-0.39, 0.29) is 10.8 Å². The molecule has 0 N–H and O–H groups in total. The van der Waals surface area contributed by atoms with Crippen LogP contribution in [0.25, 0.3) is 22.3 Å². The van der Waals surface area contributed by atoms with E-state index in [1.807, 2.05) is 0 Å². The van der Waals surface area contributed by atoms with Crippen LogP contribution in [0.4, 0.5) is 17.1 Å². The molecule has 3 unspecified atom stereocenters. The molecule has 236 valence electrons. The maximum absolute atomic E-state index is 2.61. The molecule has 13 rings (SSSR count). The van der Waals surface area contributed by atoms with Crippen LogP contribution in [0.2, 0.25) is 0 Å². The summed E-state index contributed by atoms with van der Waals surface area (Å²) in [6.07, 6.45) is 12.7. The molecule has 0 saturated heterocycles. The van der Waals surface area contributed by atoms with Crippen LogP contribution in [0.1, 0.15) is 80.0 Å². The lowest BCUT2D eigenvalue weighted by atomic mass is 9.43. The Morgan fingerprint density at radius 3 is 1.75 bits per heavy atom. The summed E-state index contributed by atoms with van der Waals surface area (Å²) in [7, 11) is 0. The van der Waals surface area contributed by atoms with Gasteiger partial charge in [-0.1, -0.05) is 85.3 Å². The molecular weight excluding hydrogens is 579 g/mol. The van der Waals surface area contributed by atoms with Gasteiger partial charge < -0.3 is 4.90 Å². The van der Waals surface area contributed by atoms with Crippen LogP contribution in [-0.2, 0) is 10.8 Å². The van der Waals surface area contributed by atoms with Gasteiger partial charge in [-0.15, -0.1) is 0 Å². The molecule has 8 aliphatic rings. The predicted molar refractivity (Wildman–Crippen MR) is 196 cm³/mol. The van der Waals surface area contributed by atoms with Gasteiger partial charge in [-0.05, 0) is 168 Å². The van der Waals surface area contributed by atoms with Gasteiger partial charge in [0.05, 0.1) is 0 Å². The summed E-state index contributed by atoms with van der Waals surface area (Å²) in [5.41, 5.74) is 16.6. The monoisotopic (exact) mass is 621 g/mol. The Morgan fingerprint density at radius 1 is 0.417 bits per heavy atom. The zero-order valence-corrected chi connectivity index (χ0v) is 27.7. The van der Waals surface area contributed by atoms with Gasteiger partial charge >= 0.3 is 0 Å². The number of rotatable bonds is 3. The van der Waals surface area contributed by atoms with Crippen LogP contribution in [0.3, 0.4) is 0 Å². The van der Waals surface area contributed by atoms with Gasteiger partial charge in [-0.25, -0.2) is 0 Å². The first-order chi connectivity index (χ1) is 23.7. The lowest BCUT2D eigenvalue weighted by Crippen LogP contribution is -2.55. The van der Waals surface area contributed by atoms with E-state index in [9.17, 15) is 0 Å². The Kier molecular flexibility index (Phi) is 5.20. The van der Waals surface area contributed by atoms with Crippen LogP contribution < -0.4 is 4.90 Å². The number of nitrogens with zero attached hydrogens (tertiary/aromatic N) is 1. The topological polar surface area (TPSA) is 3.24 Å². The summed E-state index contributed by atoms with van der Waals surface area (Å²) in [4.78, 5) is 2.56. The minimum absolute atomic E-state index is 0.177. The molecule has 6 saturated carbocycles. The molecule has 6 fully saturated rings. The molecule has 1 heteroatoms. The van der Waals surface area contributed by atoms with Crippen LogP contribution in [0.15, 0.2) is 115 Å². The molecule has 0 heterocycles. The fourth-order valence-corrected chi connectivity index (χ4v) is 13.8. The molecule has 48 heavy (non-hydrogen) atoms. The number of benzene rings is 5. The van der Waals surface area contributed by atoms with Crippen LogP contribution in [0.5, 0.6) is 0 Å². The molecule has 6 bridgehead atoms. The Hall–Kier alpha value is -4.10. The van der Waals surface area contributed by atoms with Crippen molar-refractivity contribution < 1.29 is 0 Å².